The lowest BCUT2D eigenvalue weighted by molar-refractivity contribution is -0.146. The van der Waals surface area contributed by atoms with Crippen molar-refractivity contribution in [2.45, 2.75) is 39.5 Å². The molecule has 0 spiro atoms. The summed E-state index contributed by atoms with van der Waals surface area (Å²) >= 11 is 0. The zero-order valence-electron chi connectivity index (χ0n) is 11.0. The van der Waals surface area contributed by atoms with E-state index < -0.39 is 21.4 Å². The molecule has 0 aromatic rings. The van der Waals surface area contributed by atoms with E-state index in [2.05, 4.69) is 6.92 Å². The second-order valence-corrected chi connectivity index (χ2v) is 8.41. The molecular weight excluding hydrogens is 254 g/mol. The van der Waals surface area contributed by atoms with Crippen LogP contribution in [0.15, 0.2) is 0 Å². The Labute approximate surface area is 108 Å². The first-order valence-corrected chi connectivity index (χ1v) is 7.99. The van der Waals surface area contributed by atoms with Crippen molar-refractivity contribution < 1.29 is 18.3 Å². The summed E-state index contributed by atoms with van der Waals surface area (Å²) in [6, 6.07) is 0. The summed E-state index contributed by atoms with van der Waals surface area (Å²) in [7, 11) is -3.29. The molecule has 1 unspecified atom stereocenters. The van der Waals surface area contributed by atoms with E-state index in [1.54, 1.807) is 6.92 Å². The Morgan fingerprint density at radius 2 is 1.89 bits per heavy atom. The number of hydrogen-bond donors (Lipinski definition) is 1. The van der Waals surface area contributed by atoms with E-state index in [9.17, 15) is 13.2 Å². The Bertz CT molecular complexity index is 455. The molecule has 6 heteroatoms. The Morgan fingerprint density at radius 1 is 1.28 bits per heavy atom. The van der Waals surface area contributed by atoms with Crippen LogP contribution in [0.3, 0.4) is 0 Å². The fourth-order valence-electron chi connectivity index (χ4n) is 2.30. The average molecular weight is 275 g/mol. The molecule has 1 saturated heterocycles. The molecule has 1 heterocycles. The highest BCUT2D eigenvalue weighted by Crippen LogP contribution is 2.48. The van der Waals surface area contributed by atoms with E-state index in [4.69, 9.17) is 5.11 Å². The van der Waals surface area contributed by atoms with Crippen molar-refractivity contribution in [2.75, 3.05) is 18.8 Å². The largest absolute Gasteiger partial charge is 0.481 e. The molecule has 0 aromatic heterocycles. The standard InChI is InChI=1S/C12H21NO4S/c1-11(3-4-11)6-8-18(16,17)13-7-5-12(2,9-13)10(14)15/h3-9H2,1-2H3,(H,14,15). The molecule has 2 rings (SSSR count). The van der Waals surface area contributed by atoms with Crippen LogP contribution in [0.1, 0.15) is 39.5 Å². The highest BCUT2D eigenvalue weighted by molar-refractivity contribution is 7.89. The summed E-state index contributed by atoms with van der Waals surface area (Å²) in [6.45, 7) is 4.17. The Hall–Kier alpha value is -0.620. The minimum Gasteiger partial charge on any atom is -0.481 e. The highest BCUT2D eigenvalue weighted by atomic mass is 32.2. The third-order valence-electron chi connectivity index (χ3n) is 4.42. The minimum absolute atomic E-state index is 0.112. The Balaban J connectivity index is 1.97. The molecule has 104 valence electrons. The van der Waals surface area contributed by atoms with Crippen molar-refractivity contribution in [3.8, 4) is 0 Å². The van der Waals surface area contributed by atoms with Crippen LogP contribution in [-0.4, -0.2) is 42.6 Å². The van der Waals surface area contributed by atoms with Gasteiger partial charge >= 0.3 is 5.97 Å². The number of carboxylic acids is 1. The average Bonchev–Trinajstić information content (AvgIpc) is 2.85. The maximum atomic E-state index is 12.2. The molecule has 1 saturated carbocycles. The van der Waals surface area contributed by atoms with Gasteiger partial charge in [0.25, 0.3) is 0 Å². The fourth-order valence-corrected chi connectivity index (χ4v) is 4.16. The van der Waals surface area contributed by atoms with Crippen molar-refractivity contribution in [2.24, 2.45) is 10.8 Å². The molecule has 0 radical (unpaired) electrons. The van der Waals surface area contributed by atoms with Gasteiger partial charge in [0.2, 0.25) is 10.0 Å². The smallest absolute Gasteiger partial charge is 0.310 e. The quantitative estimate of drug-likeness (QED) is 0.820. The third-order valence-corrected chi connectivity index (χ3v) is 6.23. The fraction of sp³-hybridized carbons (Fsp3) is 0.917. The minimum atomic E-state index is -3.29. The van der Waals surface area contributed by atoms with E-state index in [0.29, 0.717) is 19.4 Å². The van der Waals surface area contributed by atoms with Crippen LogP contribution in [0, 0.1) is 10.8 Å². The van der Waals surface area contributed by atoms with E-state index >= 15 is 0 Å². The summed E-state index contributed by atoms with van der Waals surface area (Å²) in [5.41, 5.74) is -0.709. The molecule has 18 heavy (non-hydrogen) atoms. The van der Waals surface area contributed by atoms with Crippen LogP contribution in [0.5, 0.6) is 0 Å². The molecule has 1 N–H and O–H groups in total. The molecule has 0 amide bonds. The third kappa shape index (κ3) is 2.69. The van der Waals surface area contributed by atoms with Crippen LogP contribution >= 0.6 is 0 Å². The molecule has 1 atom stereocenters. The number of rotatable bonds is 5. The Kier molecular flexibility index (Phi) is 3.22. The summed E-state index contributed by atoms with van der Waals surface area (Å²) in [5, 5.41) is 9.10. The van der Waals surface area contributed by atoms with E-state index in [1.165, 1.54) is 4.31 Å². The first-order valence-electron chi connectivity index (χ1n) is 6.38. The van der Waals surface area contributed by atoms with Crippen LogP contribution in [0.2, 0.25) is 0 Å². The van der Waals surface area contributed by atoms with Crippen molar-refractivity contribution in [3.05, 3.63) is 0 Å². The molecular formula is C12H21NO4S. The summed E-state index contributed by atoms with van der Waals surface area (Å²) in [5.74, 6) is -0.756. The lowest BCUT2D eigenvalue weighted by Crippen LogP contribution is -2.36. The van der Waals surface area contributed by atoms with Crippen LogP contribution < -0.4 is 0 Å². The normalized spacial score (nSPS) is 31.4. The maximum Gasteiger partial charge on any atom is 0.310 e. The molecule has 0 bridgehead atoms. The van der Waals surface area contributed by atoms with Crippen LogP contribution in [-0.2, 0) is 14.8 Å². The molecule has 0 aromatic carbocycles. The number of nitrogens with zero attached hydrogens (tertiary/aromatic N) is 1. The highest BCUT2D eigenvalue weighted by Gasteiger charge is 2.45. The van der Waals surface area contributed by atoms with Gasteiger partial charge in [0, 0.05) is 13.1 Å². The lowest BCUT2D eigenvalue weighted by atomic mass is 9.90. The number of carbonyl (C=O) groups is 1. The van der Waals surface area contributed by atoms with Gasteiger partial charge < -0.3 is 5.11 Å². The van der Waals surface area contributed by atoms with Gasteiger partial charge in [0.1, 0.15) is 0 Å². The second kappa shape index (κ2) is 4.20. The van der Waals surface area contributed by atoms with Crippen molar-refractivity contribution in [1.82, 2.24) is 4.31 Å². The Morgan fingerprint density at radius 3 is 2.33 bits per heavy atom. The summed E-state index contributed by atoms with van der Waals surface area (Å²) in [4.78, 5) is 11.1. The van der Waals surface area contributed by atoms with Gasteiger partial charge in [-0.25, -0.2) is 12.7 Å². The van der Waals surface area contributed by atoms with Gasteiger partial charge in [-0.15, -0.1) is 0 Å². The SMILES string of the molecule is CC1(CCS(=O)(=O)N2CCC(C)(C(=O)O)C2)CC1. The first-order chi connectivity index (χ1) is 8.17. The van der Waals surface area contributed by atoms with Gasteiger partial charge in [-0.1, -0.05) is 6.92 Å². The molecule has 5 nitrogen and oxygen atoms in total. The number of carboxylic acid groups (broad SMARTS) is 1. The zero-order valence-corrected chi connectivity index (χ0v) is 11.8. The molecule has 1 aliphatic carbocycles. The van der Waals surface area contributed by atoms with Crippen LogP contribution in [0.25, 0.3) is 0 Å². The van der Waals surface area contributed by atoms with Crippen molar-refractivity contribution >= 4 is 16.0 Å². The molecule has 2 fully saturated rings. The molecule has 1 aliphatic heterocycles. The van der Waals surface area contributed by atoms with Gasteiger partial charge in [-0.3, -0.25) is 4.79 Å². The predicted octanol–water partition coefficient (Wildman–Crippen LogP) is 1.30. The van der Waals surface area contributed by atoms with E-state index in [-0.39, 0.29) is 17.7 Å². The van der Waals surface area contributed by atoms with Gasteiger partial charge in [-0.05, 0) is 38.0 Å². The van der Waals surface area contributed by atoms with Crippen molar-refractivity contribution in [3.63, 3.8) is 0 Å². The maximum absolute atomic E-state index is 12.2. The summed E-state index contributed by atoms with van der Waals surface area (Å²) in [6.07, 6.45) is 3.30. The van der Waals surface area contributed by atoms with Crippen molar-refractivity contribution in [1.29, 1.82) is 0 Å². The predicted molar refractivity (Wildman–Crippen MR) is 67.7 cm³/mol. The van der Waals surface area contributed by atoms with Gasteiger partial charge in [0.15, 0.2) is 0 Å². The molecule has 2 aliphatic rings. The number of hydrogen-bond acceptors (Lipinski definition) is 3. The van der Waals surface area contributed by atoms with E-state index in [0.717, 1.165) is 12.8 Å². The number of aliphatic carboxylic acids is 1. The monoisotopic (exact) mass is 275 g/mol. The van der Waals surface area contributed by atoms with Gasteiger partial charge in [-0.2, -0.15) is 0 Å². The van der Waals surface area contributed by atoms with E-state index in [1.807, 2.05) is 0 Å². The number of sulfonamides is 1. The zero-order chi connectivity index (χ0) is 13.6. The topological polar surface area (TPSA) is 74.7 Å². The lowest BCUT2D eigenvalue weighted by Gasteiger charge is -2.20. The van der Waals surface area contributed by atoms with Crippen LogP contribution in [0.4, 0.5) is 0 Å². The van der Waals surface area contributed by atoms with Gasteiger partial charge in [0.05, 0.1) is 11.2 Å². The summed E-state index contributed by atoms with van der Waals surface area (Å²) < 4.78 is 25.7. The second-order valence-electron chi connectivity index (χ2n) is 6.33. The first kappa shape index (κ1) is 13.8.